The first-order valence-electron chi connectivity index (χ1n) is 11.0. The molecule has 0 aliphatic carbocycles. The van der Waals surface area contributed by atoms with Gasteiger partial charge in [-0.15, -0.1) is 10.2 Å². The Balaban J connectivity index is 1.59. The number of benzene rings is 2. The summed E-state index contributed by atoms with van der Waals surface area (Å²) in [6, 6.07) is 15.1. The Morgan fingerprint density at radius 2 is 1.97 bits per heavy atom. The summed E-state index contributed by atoms with van der Waals surface area (Å²) in [6.07, 6.45) is 3.30. The van der Waals surface area contributed by atoms with E-state index in [1.54, 1.807) is 28.8 Å². The number of thioether (sulfide) groups is 1. The maximum absolute atomic E-state index is 12.2. The first kappa shape index (κ1) is 23.3. The maximum atomic E-state index is 12.2. The van der Waals surface area contributed by atoms with Crippen LogP contribution in [0.2, 0.25) is 0 Å². The number of para-hydroxylation sites is 1. The number of fused-ring (bicyclic) bond motifs is 2. The van der Waals surface area contributed by atoms with E-state index >= 15 is 0 Å². The van der Waals surface area contributed by atoms with Crippen LogP contribution in [0.3, 0.4) is 0 Å². The molecule has 11 heteroatoms. The third kappa shape index (κ3) is 4.46. The fourth-order valence-electron chi connectivity index (χ4n) is 3.76. The van der Waals surface area contributed by atoms with E-state index in [0.29, 0.717) is 34.2 Å². The molecular formula is C25H22N8O2S. The number of carbonyl (C=O) groups is 1. The predicted molar refractivity (Wildman–Crippen MR) is 141 cm³/mol. The Hall–Kier alpha value is -4.44. The second-order valence-corrected chi connectivity index (χ2v) is 9.33. The molecule has 0 bridgehead atoms. The summed E-state index contributed by atoms with van der Waals surface area (Å²) in [7, 11) is 3.86. The van der Waals surface area contributed by atoms with Crippen LogP contribution in [0.1, 0.15) is 0 Å². The zero-order valence-corrected chi connectivity index (χ0v) is 20.3. The third-order valence-electron chi connectivity index (χ3n) is 5.40. The van der Waals surface area contributed by atoms with E-state index in [1.165, 1.54) is 17.8 Å². The van der Waals surface area contributed by atoms with E-state index in [-0.39, 0.29) is 17.1 Å². The van der Waals surface area contributed by atoms with Gasteiger partial charge in [-0.25, -0.2) is 9.48 Å². The number of carbonyl (C=O) groups excluding carboxylic acids is 2. The lowest BCUT2D eigenvalue weighted by atomic mass is 10.2. The molecule has 1 aliphatic heterocycles. The minimum absolute atomic E-state index is 0.0197. The summed E-state index contributed by atoms with van der Waals surface area (Å²) in [5.74, 6) is 1.74. The van der Waals surface area contributed by atoms with Gasteiger partial charge in [-0.3, -0.25) is 4.79 Å². The van der Waals surface area contributed by atoms with Gasteiger partial charge in [0.25, 0.3) is 0 Å². The molecule has 0 saturated heterocycles. The van der Waals surface area contributed by atoms with Crippen molar-refractivity contribution in [2.45, 2.75) is 4.90 Å². The molecule has 180 valence electrons. The lowest BCUT2D eigenvalue weighted by molar-refractivity contribution is -0.111. The van der Waals surface area contributed by atoms with Gasteiger partial charge in [0.2, 0.25) is 5.91 Å². The van der Waals surface area contributed by atoms with Crippen molar-refractivity contribution in [3.8, 4) is 5.69 Å². The summed E-state index contributed by atoms with van der Waals surface area (Å²) in [4.78, 5) is 26.8. The molecular weight excluding hydrogens is 476 g/mol. The molecule has 2 aromatic carbocycles. The number of anilines is 3. The van der Waals surface area contributed by atoms with Gasteiger partial charge in [0.15, 0.2) is 17.1 Å². The van der Waals surface area contributed by atoms with E-state index in [1.807, 2.05) is 55.4 Å². The number of hydrogen-bond acceptors (Lipinski definition) is 9. The Labute approximate surface area is 210 Å². The van der Waals surface area contributed by atoms with Gasteiger partial charge >= 0.3 is 0 Å². The number of amides is 1. The lowest BCUT2D eigenvalue weighted by Gasteiger charge is -2.07. The number of likely N-dealkylation sites (N-methyl/N-ethyl adjacent to an activating group) is 1. The molecule has 1 amide bonds. The molecule has 0 atom stereocenters. The minimum atomic E-state index is -0.217. The highest BCUT2D eigenvalue weighted by Crippen LogP contribution is 2.41. The van der Waals surface area contributed by atoms with Crippen LogP contribution in [0, 0.1) is 0 Å². The van der Waals surface area contributed by atoms with Gasteiger partial charge in [0, 0.05) is 23.2 Å². The Morgan fingerprint density at radius 1 is 1.19 bits per heavy atom. The number of nitrogens with one attached hydrogen (secondary N) is 2. The molecule has 0 radical (unpaired) electrons. The third-order valence-corrected chi connectivity index (χ3v) is 6.48. The van der Waals surface area contributed by atoms with Crippen molar-refractivity contribution in [3.05, 3.63) is 71.4 Å². The molecule has 1 aliphatic rings. The first-order chi connectivity index (χ1) is 17.4. The number of hydrogen-bond donors (Lipinski definition) is 3. The van der Waals surface area contributed by atoms with Crippen LogP contribution in [0.5, 0.6) is 0 Å². The Kier molecular flexibility index (Phi) is 6.26. The van der Waals surface area contributed by atoms with Crippen LogP contribution in [-0.2, 0) is 9.59 Å². The normalized spacial score (nSPS) is 14.2. The van der Waals surface area contributed by atoms with Gasteiger partial charge in [-0.2, -0.15) is 5.10 Å². The lowest BCUT2D eigenvalue weighted by Crippen LogP contribution is -2.21. The standard InChI is InChI=1S/C25H22N8O2S/c1-32(2)13-5-8-20(35)27-15-9-11-16(12-10-15)33-23(25-28-17-6-3-4-7-19(17)36-25)21-22(31-33)18(14-34)29-30-24(21)26/h3-12,28H,13,26H2,1-2H3,(H,27,35)/b8-5+,25-23?. The van der Waals surface area contributed by atoms with Crippen molar-refractivity contribution >= 4 is 56.7 Å². The van der Waals surface area contributed by atoms with Gasteiger partial charge in [-0.1, -0.05) is 30.0 Å². The van der Waals surface area contributed by atoms with Crippen molar-refractivity contribution in [1.29, 1.82) is 0 Å². The molecule has 0 fully saturated rings. The highest BCUT2D eigenvalue weighted by Gasteiger charge is 2.22. The Bertz CT molecular complexity index is 1630. The molecule has 5 rings (SSSR count). The molecule has 2 aromatic heterocycles. The highest BCUT2D eigenvalue weighted by molar-refractivity contribution is 8.08. The van der Waals surface area contributed by atoms with E-state index in [9.17, 15) is 9.59 Å². The first-order valence-corrected chi connectivity index (χ1v) is 11.8. The summed E-state index contributed by atoms with van der Waals surface area (Å²) in [6.45, 7) is 0.670. The van der Waals surface area contributed by atoms with Gasteiger partial charge in [0.1, 0.15) is 15.9 Å². The Morgan fingerprint density at radius 3 is 2.69 bits per heavy atom. The van der Waals surface area contributed by atoms with Crippen LogP contribution in [-0.4, -0.2) is 57.4 Å². The molecule has 0 spiro atoms. The van der Waals surface area contributed by atoms with Crippen LogP contribution in [0.25, 0.3) is 21.6 Å². The van der Waals surface area contributed by atoms with Crippen molar-refractivity contribution in [1.82, 2.24) is 24.9 Å². The number of nitrogen functional groups attached to an aromatic ring is 1. The molecule has 0 unspecified atom stereocenters. The van der Waals surface area contributed by atoms with Crippen molar-refractivity contribution in [2.75, 3.05) is 37.0 Å². The van der Waals surface area contributed by atoms with E-state index < -0.39 is 0 Å². The highest BCUT2D eigenvalue weighted by atomic mass is 32.2. The summed E-state index contributed by atoms with van der Waals surface area (Å²) in [5.41, 5.74) is 8.82. The second-order valence-electron chi connectivity index (χ2n) is 8.27. The quantitative estimate of drug-likeness (QED) is 0.348. The summed E-state index contributed by atoms with van der Waals surface area (Å²) < 4.78 is 1.69. The van der Waals surface area contributed by atoms with Gasteiger partial charge in [0.05, 0.1) is 16.8 Å². The van der Waals surface area contributed by atoms with Gasteiger partial charge < -0.3 is 21.3 Å². The molecule has 4 N–H and O–H groups in total. The average molecular weight is 499 g/mol. The summed E-state index contributed by atoms with van der Waals surface area (Å²) >= 11 is 1.54. The largest absolute Gasteiger partial charge is 0.382 e. The van der Waals surface area contributed by atoms with E-state index in [0.717, 1.165) is 15.6 Å². The van der Waals surface area contributed by atoms with Gasteiger partial charge in [-0.05, 0) is 50.5 Å². The predicted octanol–water partition coefficient (Wildman–Crippen LogP) is 1.24. The van der Waals surface area contributed by atoms with Crippen molar-refractivity contribution < 1.29 is 9.59 Å². The van der Waals surface area contributed by atoms with Crippen molar-refractivity contribution in [3.63, 3.8) is 0 Å². The molecule has 36 heavy (non-hydrogen) atoms. The second kappa shape index (κ2) is 9.67. The van der Waals surface area contributed by atoms with Crippen LogP contribution in [0.15, 0.2) is 65.6 Å². The number of nitrogens with zero attached hydrogens (tertiary/aromatic N) is 5. The SMILES string of the molecule is CN(C)C/C=C/C(=O)Nc1ccc(-n2nc3c(=C=O)nnc(N)c3c2=C2Nc3ccccc3S2)cc1. The number of aromatic nitrogens is 4. The topological polar surface area (TPSA) is 131 Å². The van der Waals surface area contributed by atoms with Crippen molar-refractivity contribution in [2.24, 2.45) is 0 Å². The summed E-state index contributed by atoms with van der Waals surface area (Å²) in [5, 5.41) is 20.7. The monoisotopic (exact) mass is 498 g/mol. The molecule has 3 heterocycles. The molecule has 10 nitrogen and oxygen atoms in total. The minimum Gasteiger partial charge on any atom is -0.382 e. The van der Waals surface area contributed by atoms with E-state index in [2.05, 4.69) is 25.9 Å². The van der Waals surface area contributed by atoms with Crippen LogP contribution < -0.4 is 27.1 Å². The van der Waals surface area contributed by atoms with E-state index in [4.69, 9.17) is 5.73 Å². The average Bonchev–Trinajstić information content (AvgIpc) is 3.47. The smallest absolute Gasteiger partial charge is 0.248 e. The molecule has 0 saturated carbocycles. The fourth-order valence-corrected chi connectivity index (χ4v) is 4.80. The fraction of sp³-hybridized carbons (Fsp3) is 0.120. The number of rotatable bonds is 5. The zero-order valence-electron chi connectivity index (χ0n) is 19.5. The number of nitrogens with two attached hydrogens (primary N) is 1. The van der Waals surface area contributed by atoms with Crippen LogP contribution in [0.4, 0.5) is 17.2 Å². The zero-order chi connectivity index (χ0) is 25.2. The van der Waals surface area contributed by atoms with Crippen LogP contribution >= 0.6 is 11.8 Å². The maximum Gasteiger partial charge on any atom is 0.248 e. The molecule has 4 aromatic rings.